The van der Waals surface area contributed by atoms with Gasteiger partial charge in [0.1, 0.15) is 0 Å². The molecule has 1 atom stereocenters. The highest BCUT2D eigenvalue weighted by Gasteiger charge is 2.21. The van der Waals surface area contributed by atoms with Gasteiger partial charge >= 0.3 is 0 Å². The van der Waals surface area contributed by atoms with Gasteiger partial charge in [0, 0.05) is 11.6 Å². The van der Waals surface area contributed by atoms with E-state index in [2.05, 4.69) is 69.3 Å². The molecule has 2 aromatic rings. The Hall–Kier alpha value is -2.15. The molecular weight excluding hydrogens is 278 g/mol. The van der Waals surface area contributed by atoms with Crippen LogP contribution >= 0.6 is 0 Å². The van der Waals surface area contributed by atoms with E-state index in [0.29, 0.717) is 5.92 Å². The fraction of sp³-hybridized carbons (Fsp3) is 0.318. The first-order valence-electron chi connectivity index (χ1n) is 8.58. The Morgan fingerprint density at radius 2 is 1.78 bits per heavy atom. The van der Waals surface area contributed by atoms with Crippen molar-refractivity contribution >= 4 is 16.5 Å². The first kappa shape index (κ1) is 15.7. The van der Waals surface area contributed by atoms with Gasteiger partial charge in [-0.05, 0) is 60.7 Å². The molecule has 118 valence electrons. The first-order valence-corrected chi connectivity index (χ1v) is 8.58. The number of fused-ring (bicyclic) bond motifs is 1. The van der Waals surface area contributed by atoms with E-state index in [9.17, 15) is 0 Å². The summed E-state index contributed by atoms with van der Waals surface area (Å²) >= 11 is 0. The number of hydrogen-bond donors (Lipinski definition) is 1. The summed E-state index contributed by atoms with van der Waals surface area (Å²) in [5.41, 5.74) is 5.95. The molecule has 1 heteroatoms. The summed E-state index contributed by atoms with van der Waals surface area (Å²) in [7, 11) is 0. The smallest absolute Gasteiger partial charge is 0.0389 e. The number of allylic oxidation sites excluding steroid dienone is 4. The molecule has 3 rings (SSSR count). The number of nitrogens with one attached hydrogen (secondary N) is 1. The van der Waals surface area contributed by atoms with E-state index in [4.69, 9.17) is 5.41 Å². The predicted molar refractivity (Wildman–Crippen MR) is 101 cm³/mol. The molecule has 1 unspecified atom stereocenters. The number of unbranched alkanes of at least 4 members (excludes halogenated alkanes) is 1. The van der Waals surface area contributed by atoms with Crippen LogP contribution in [-0.4, -0.2) is 5.71 Å². The third-order valence-corrected chi connectivity index (χ3v) is 4.99. The lowest BCUT2D eigenvalue weighted by Crippen LogP contribution is -2.07. The second-order valence-electron chi connectivity index (χ2n) is 6.57. The van der Waals surface area contributed by atoms with Crippen LogP contribution < -0.4 is 0 Å². The summed E-state index contributed by atoms with van der Waals surface area (Å²) in [5, 5.41) is 11.1. The van der Waals surface area contributed by atoms with Gasteiger partial charge in [-0.15, -0.1) is 0 Å². The molecule has 23 heavy (non-hydrogen) atoms. The van der Waals surface area contributed by atoms with Gasteiger partial charge in [0.05, 0.1) is 0 Å². The van der Waals surface area contributed by atoms with Crippen molar-refractivity contribution in [3.63, 3.8) is 0 Å². The Balaban J connectivity index is 2.14. The van der Waals surface area contributed by atoms with Crippen molar-refractivity contribution in [1.29, 1.82) is 5.41 Å². The van der Waals surface area contributed by atoms with Crippen LogP contribution in [0.2, 0.25) is 0 Å². The monoisotopic (exact) mass is 303 g/mol. The van der Waals surface area contributed by atoms with E-state index in [-0.39, 0.29) is 0 Å². The Morgan fingerprint density at radius 3 is 2.39 bits per heavy atom. The largest absolute Gasteiger partial charge is 0.305 e. The summed E-state index contributed by atoms with van der Waals surface area (Å²) in [4.78, 5) is 0. The number of rotatable bonds is 5. The van der Waals surface area contributed by atoms with Gasteiger partial charge < -0.3 is 5.41 Å². The molecule has 0 radical (unpaired) electrons. The van der Waals surface area contributed by atoms with Crippen molar-refractivity contribution in [3.8, 4) is 0 Å². The molecule has 0 aromatic heterocycles. The summed E-state index contributed by atoms with van der Waals surface area (Å²) in [5.74, 6) is 0.316. The molecule has 0 spiro atoms. The van der Waals surface area contributed by atoms with Gasteiger partial charge in [0.25, 0.3) is 0 Å². The molecule has 0 fully saturated rings. The Labute approximate surface area is 139 Å². The number of benzene rings is 2. The van der Waals surface area contributed by atoms with E-state index >= 15 is 0 Å². The molecule has 1 N–H and O–H groups in total. The van der Waals surface area contributed by atoms with E-state index in [1.165, 1.54) is 27.5 Å². The molecule has 0 amide bonds. The maximum Gasteiger partial charge on any atom is 0.0389 e. The second-order valence-corrected chi connectivity index (χ2v) is 6.57. The molecule has 1 nitrogen and oxygen atoms in total. The van der Waals surface area contributed by atoms with E-state index < -0.39 is 0 Å². The van der Waals surface area contributed by atoms with E-state index in [1.807, 2.05) is 0 Å². The average Bonchev–Trinajstić information content (AvgIpc) is 2.90. The predicted octanol–water partition coefficient (Wildman–Crippen LogP) is 6.39. The van der Waals surface area contributed by atoms with Crippen LogP contribution in [0.15, 0.2) is 59.7 Å². The lowest BCUT2D eigenvalue weighted by Gasteiger charge is -2.19. The lowest BCUT2D eigenvalue weighted by molar-refractivity contribution is 0.831. The Morgan fingerprint density at radius 1 is 1.09 bits per heavy atom. The lowest BCUT2D eigenvalue weighted by atomic mass is 9.85. The van der Waals surface area contributed by atoms with Gasteiger partial charge in [-0.2, -0.15) is 0 Å². The van der Waals surface area contributed by atoms with Crippen LogP contribution in [0.5, 0.6) is 0 Å². The number of hydrogen-bond acceptors (Lipinski definition) is 1. The minimum absolute atomic E-state index is 0.316. The molecular formula is C22H25N. The minimum Gasteiger partial charge on any atom is -0.305 e. The zero-order valence-electron chi connectivity index (χ0n) is 14.3. The summed E-state index contributed by atoms with van der Waals surface area (Å²) in [6, 6.07) is 13.0. The first-order chi connectivity index (χ1) is 11.1. The average molecular weight is 303 g/mol. The molecule has 1 aliphatic carbocycles. The normalized spacial score (nSPS) is 17.3. The van der Waals surface area contributed by atoms with Gasteiger partial charge in [-0.1, -0.05) is 60.9 Å². The fourth-order valence-corrected chi connectivity index (χ4v) is 3.36. The van der Waals surface area contributed by atoms with Crippen molar-refractivity contribution in [2.24, 2.45) is 0 Å². The van der Waals surface area contributed by atoms with E-state index in [1.54, 1.807) is 0 Å². The van der Waals surface area contributed by atoms with Crippen LogP contribution in [0.3, 0.4) is 0 Å². The maximum absolute atomic E-state index is 8.59. The summed E-state index contributed by atoms with van der Waals surface area (Å²) < 4.78 is 0. The highest BCUT2D eigenvalue weighted by molar-refractivity contribution is 6.03. The van der Waals surface area contributed by atoms with Crippen molar-refractivity contribution in [3.05, 3.63) is 70.8 Å². The third-order valence-electron chi connectivity index (χ3n) is 4.99. The zero-order chi connectivity index (χ0) is 16.4. The highest BCUT2D eigenvalue weighted by Crippen LogP contribution is 2.37. The second kappa shape index (κ2) is 6.54. The van der Waals surface area contributed by atoms with Crippen molar-refractivity contribution in [2.45, 2.75) is 46.0 Å². The van der Waals surface area contributed by atoms with Crippen LogP contribution in [0.25, 0.3) is 10.8 Å². The fourth-order valence-electron chi connectivity index (χ4n) is 3.36. The summed E-state index contributed by atoms with van der Waals surface area (Å²) in [6.07, 6.45) is 7.58. The molecule has 0 saturated carbocycles. The van der Waals surface area contributed by atoms with Crippen molar-refractivity contribution in [2.75, 3.05) is 0 Å². The van der Waals surface area contributed by atoms with Crippen LogP contribution in [0.4, 0.5) is 0 Å². The molecule has 0 aliphatic heterocycles. The third kappa shape index (κ3) is 3.01. The standard InChI is InChI=1S/C22H25N/c1-4-5-10-22(23)21-14-18-9-7-6-8-17(18)13-20(21)19-12-11-15(2)16(19)3/h6-9,11-14,19,23H,4-5,10H2,1-3H3. The molecule has 0 bridgehead atoms. The van der Waals surface area contributed by atoms with Gasteiger partial charge in [-0.25, -0.2) is 0 Å². The molecule has 0 saturated heterocycles. The maximum atomic E-state index is 8.59. The molecule has 0 heterocycles. The molecule has 2 aromatic carbocycles. The Bertz CT molecular complexity index is 808. The SMILES string of the molecule is CCCCC(=N)c1cc2ccccc2cc1C1C=CC(C)=C1C. The van der Waals surface area contributed by atoms with Crippen LogP contribution in [0.1, 0.15) is 57.1 Å². The topological polar surface area (TPSA) is 23.9 Å². The van der Waals surface area contributed by atoms with Gasteiger partial charge in [0.2, 0.25) is 0 Å². The Kier molecular flexibility index (Phi) is 4.47. The van der Waals surface area contributed by atoms with Crippen LogP contribution in [0, 0.1) is 5.41 Å². The minimum atomic E-state index is 0.316. The van der Waals surface area contributed by atoms with Crippen molar-refractivity contribution in [1.82, 2.24) is 0 Å². The molecule has 1 aliphatic rings. The zero-order valence-corrected chi connectivity index (χ0v) is 14.3. The highest BCUT2D eigenvalue weighted by atomic mass is 14.4. The van der Waals surface area contributed by atoms with Crippen molar-refractivity contribution < 1.29 is 0 Å². The summed E-state index contributed by atoms with van der Waals surface area (Å²) in [6.45, 7) is 6.58. The van der Waals surface area contributed by atoms with E-state index in [0.717, 1.165) is 30.5 Å². The van der Waals surface area contributed by atoms with Crippen LogP contribution in [-0.2, 0) is 0 Å². The quantitative estimate of drug-likeness (QED) is 0.619. The van der Waals surface area contributed by atoms with Gasteiger partial charge in [-0.3, -0.25) is 0 Å². The van der Waals surface area contributed by atoms with Gasteiger partial charge in [0.15, 0.2) is 0 Å².